The van der Waals surface area contributed by atoms with E-state index in [0.717, 1.165) is 11.1 Å². The van der Waals surface area contributed by atoms with E-state index in [0.29, 0.717) is 37.0 Å². The molecule has 1 atom stereocenters. The third kappa shape index (κ3) is 5.25. The van der Waals surface area contributed by atoms with Crippen LogP contribution in [0, 0.1) is 0 Å². The molecule has 2 aromatic carbocycles. The summed E-state index contributed by atoms with van der Waals surface area (Å²) in [5.41, 5.74) is 1.97. The molecule has 0 radical (unpaired) electrons. The molecule has 148 valence electrons. The Balaban J connectivity index is 1.29. The van der Waals surface area contributed by atoms with E-state index in [9.17, 15) is 4.79 Å². The molecule has 3 aromatic rings. The normalized spacial score (nSPS) is 14.8. The van der Waals surface area contributed by atoms with Gasteiger partial charge in [0.1, 0.15) is 25.1 Å². The van der Waals surface area contributed by atoms with Crippen molar-refractivity contribution >= 4 is 5.91 Å². The zero-order valence-corrected chi connectivity index (χ0v) is 15.9. The minimum atomic E-state index is -0.260. The Hall–Kier alpha value is -3.54. The monoisotopic (exact) mass is 390 g/mol. The van der Waals surface area contributed by atoms with Crippen molar-refractivity contribution in [1.29, 1.82) is 0 Å². The maximum Gasteiger partial charge on any atom is 0.224 e. The Labute approximate surface area is 169 Å². The van der Waals surface area contributed by atoms with Crippen LogP contribution in [0.15, 0.2) is 73.1 Å². The third-order valence-corrected chi connectivity index (χ3v) is 4.50. The van der Waals surface area contributed by atoms with E-state index in [2.05, 4.69) is 10.3 Å². The highest BCUT2D eigenvalue weighted by atomic mass is 16.6. The summed E-state index contributed by atoms with van der Waals surface area (Å²) < 4.78 is 17.6. The number of ether oxygens (including phenoxy) is 3. The molecule has 0 aliphatic carbocycles. The molecule has 4 rings (SSSR count). The number of hydrogen-bond donors (Lipinski definition) is 1. The highest BCUT2D eigenvalue weighted by molar-refractivity contribution is 5.78. The fraction of sp³-hybridized carbons (Fsp3) is 0.217. The highest BCUT2D eigenvalue weighted by Gasteiger charge is 2.22. The summed E-state index contributed by atoms with van der Waals surface area (Å²) in [5.74, 6) is 1.92. The molecule has 1 N–H and O–H groups in total. The number of rotatable bonds is 7. The van der Waals surface area contributed by atoms with Crippen LogP contribution < -0.4 is 19.5 Å². The molecule has 1 aromatic heterocycles. The first-order chi connectivity index (χ1) is 14.3. The van der Waals surface area contributed by atoms with E-state index in [1.165, 1.54) is 0 Å². The Morgan fingerprint density at radius 3 is 2.76 bits per heavy atom. The molecule has 0 spiro atoms. The second-order valence-corrected chi connectivity index (χ2v) is 6.78. The van der Waals surface area contributed by atoms with E-state index < -0.39 is 0 Å². The van der Waals surface area contributed by atoms with E-state index >= 15 is 0 Å². The number of hydrogen-bond acceptors (Lipinski definition) is 5. The number of carbonyl (C=O) groups is 1. The van der Waals surface area contributed by atoms with Gasteiger partial charge in [-0.1, -0.05) is 36.4 Å². The van der Waals surface area contributed by atoms with Crippen molar-refractivity contribution in [2.75, 3.05) is 13.2 Å². The van der Waals surface area contributed by atoms with Gasteiger partial charge in [0, 0.05) is 18.5 Å². The number of nitrogens with zero attached hydrogens (tertiary/aromatic N) is 1. The summed E-state index contributed by atoms with van der Waals surface area (Å²) in [7, 11) is 0. The summed E-state index contributed by atoms with van der Waals surface area (Å²) in [4.78, 5) is 16.1. The minimum absolute atomic E-state index is 0.0765. The Bertz CT molecular complexity index is 948. The molecule has 0 saturated carbocycles. The molecule has 6 heteroatoms. The van der Waals surface area contributed by atoms with Gasteiger partial charge in [0.2, 0.25) is 5.91 Å². The number of pyridine rings is 1. The lowest BCUT2D eigenvalue weighted by atomic mass is 10.2. The standard InChI is InChI=1S/C23H22N2O4/c26-23(11-18-7-4-10-24-13-18)25-14-20-16-28-21-9-8-19(12-22(21)29-20)27-15-17-5-2-1-3-6-17/h1-10,12-13,20H,11,14-16H2,(H,25,26). The quantitative estimate of drug-likeness (QED) is 0.671. The second-order valence-electron chi connectivity index (χ2n) is 6.78. The average Bonchev–Trinajstić information content (AvgIpc) is 2.77. The van der Waals surface area contributed by atoms with Crippen LogP contribution in [0.3, 0.4) is 0 Å². The van der Waals surface area contributed by atoms with Gasteiger partial charge in [-0.3, -0.25) is 9.78 Å². The molecule has 2 heterocycles. The number of nitrogens with one attached hydrogen (secondary N) is 1. The highest BCUT2D eigenvalue weighted by Crippen LogP contribution is 2.35. The van der Waals surface area contributed by atoms with Crippen LogP contribution >= 0.6 is 0 Å². The average molecular weight is 390 g/mol. The maximum atomic E-state index is 12.1. The first-order valence-electron chi connectivity index (χ1n) is 9.52. The van der Waals surface area contributed by atoms with Crippen LogP contribution in [-0.2, 0) is 17.8 Å². The van der Waals surface area contributed by atoms with Crippen LogP contribution in [0.4, 0.5) is 0 Å². The first-order valence-corrected chi connectivity index (χ1v) is 9.52. The smallest absolute Gasteiger partial charge is 0.224 e. The van der Waals surface area contributed by atoms with Gasteiger partial charge >= 0.3 is 0 Å². The molecular weight excluding hydrogens is 368 g/mol. The lowest BCUT2D eigenvalue weighted by Gasteiger charge is -2.27. The number of carbonyl (C=O) groups excluding carboxylic acids is 1. The van der Waals surface area contributed by atoms with Gasteiger partial charge in [-0.05, 0) is 29.3 Å². The lowest BCUT2D eigenvalue weighted by Crippen LogP contribution is -2.41. The van der Waals surface area contributed by atoms with Gasteiger partial charge in [-0.15, -0.1) is 0 Å². The maximum absolute atomic E-state index is 12.1. The minimum Gasteiger partial charge on any atom is -0.489 e. The largest absolute Gasteiger partial charge is 0.489 e. The Morgan fingerprint density at radius 1 is 1.07 bits per heavy atom. The Kier molecular flexibility index (Phi) is 5.90. The molecule has 29 heavy (non-hydrogen) atoms. The fourth-order valence-electron chi connectivity index (χ4n) is 3.01. The number of benzene rings is 2. The lowest BCUT2D eigenvalue weighted by molar-refractivity contribution is -0.120. The predicted molar refractivity (Wildman–Crippen MR) is 108 cm³/mol. The van der Waals surface area contributed by atoms with Gasteiger partial charge in [-0.2, -0.15) is 0 Å². The van der Waals surface area contributed by atoms with Gasteiger partial charge in [0.25, 0.3) is 0 Å². The molecule has 1 unspecified atom stereocenters. The van der Waals surface area contributed by atoms with E-state index in [4.69, 9.17) is 14.2 Å². The van der Waals surface area contributed by atoms with Crippen molar-refractivity contribution in [1.82, 2.24) is 10.3 Å². The molecule has 0 bridgehead atoms. The van der Waals surface area contributed by atoms with Crippen molar-refractivity contribution in [3.05, 3.63) is 84.2 Å². The predicted octanol–water partition coefficient (Wildman–Crippen LogP) is 3.16. The molecular formula is C23H22N2O4. The van der Waals surface area contributed by atoms with Crippen LogP contribution in [0.2, 0.25) is 0 Å². The zero-order chi connectivity index (χ0) is 19.9. The topological polar surface area (TPSA) is 69.7 Å². The number of fused-ring (bicyclic) bond motifs is 1. The number of amides is 1. The Morgan fingerprint density at radius 2 is 1.93 bits per heavy atom. The van der Waals surface area contributed by atoms with Crippen molar-refractivity contribution in [3.63, 3.8) is 0 Å². The molecule has 1 amide bonds. The van der Waals surface area contributed by atoms with Gasteiger partial charge < -0.3 is 19.5 Å². The van der Waals surface area contributed by atoms with Gasteiger partial charge in [0.05, 0.1) is 13.0 Å². The SMILES string of the molecule is O=C(Cc1cccnc1)NCC1COc2ccc(OCc3ccccc3)cc2O1. The summed E-state index contributed by atoms with van der Waals surface area (Å²) >= 11 is 0. The molecule has 0 saturated heterocycles. The van der Waals surface area contributed by atoms with Gasteiger partial charge in [0.15, 0.2) is 11.5 Å². The fourth-order valence-corrected chi connectivity index (χ4v) is 3.01. The van der Waals surface area contributed by atoms with Crippen LogP contribution in [0.1, 0.15) is 11.1 Å². The van der Waals surface area contributed by atoms with Crippen LogP contribution in [-0.4, -0.2) is 30.1 Å². The van der Waals surface area contributed by atoms with Crippen molar-refractivity contribution < 1.29 is 19.0 Å². The second kappa shape index (κ2) is 9.10. The summed E-state index contributed by atoms with van der Waals surface area (Å²) in [6.45, 7) is 1.23. The number of aromatic nitrogens is 1. The summed E-state index contributed by atoms with van der Waals surface area (Å²) in [6.07, 6.45) is 3.40. The van der Waals surface area contributed by atoms with Crippen LogP contribution in [0.25, 0.3) is 0 Å². The molecule has 6 nitrogen and oxygen atoms in total. The molecule has 0 fully saturated rings. The van der Waals surface area contributed by atoms with Crippen molar-refractivity contribution in [2.24, 2.45) is 0 Å². The van der Waals surface area contributed by atoms with Gasteiger partial charge in [-0.25, -0.2) is 0 Å². The summed E-state index contributed by atoms with van der Waals surface area (Å²) in [6, 6.07) is 19.2. The van der Waals surface area contributed by atoms with E-state index in [1.54, 1.807) is 12.4 Å². The summed E-state index contributed by atoms with van der Waals surface area (Å²) in [5, 5.41) is 2.89. The third-order valence-electron chi connectivity index (χ3n) is 4.50. The van der Waals surface area contributed by atoms with E-state index in [1.807, 2.05) is 60.7 Å². The molecule has 1 aliphatic rings. The van der Waals surface area contributed by atoms with Crippen molar-refractivity contribution in [3.8, 4) is 17.2 Å². The van der Waals surface area contributed by atoms with Crippen LogP contribution in [0.5, 0.6) is 17.2 Å². The van der Waals surface area contributed by atoms with Crippen molar-refractivity contribution in [2.45, 2.75) is 19.1 Å². The zero-order valence-electron chi connectivity index (χ0n) is 15.9. The first kappa shape index (κ1) is 18.8. The molecule has 1 aliphatic heterocycles. The van der Waals surface area contributed by atoms with E-state index in [-0.39, 0.29) is 18.4 Å².